The molecule has 1 aromatic carbocycles. The summed E-state index contributed by atoms with van der Waals surface area (Å²) in [7, 11) is 0. The van der Waals surface area contributed by atoms with E-state index in [0.29, 0.717) is 10.5 Å². The zero-order valence-corrected chi connectivity index (χ0v) is 9.21. The van der Waals surface area contributed by atoms with Crippen LogP contribution in [-0.2, 0) is 0 Å². The van der Waals surface area contributed by atoms with Crippen molar-refractivity contribution >= 4 is 27.2 Å². The zero-order valence-electron chi connectivity index (χ0n) is 8.40. The standard InChI is InChI=1S/C11H7FN2OS/c1-6-5-14-10(15)9-7(12)3-2-4-8(9)13-11(14)16-6/h2-5H,1H3. The van der Waals surface area contributed by atoms with Gasteiger partial charge in [-0.15, -0.1) is 11.3 Å². The van der Waals surface area contributed by atoms with Crippen LogP contribution in [-0.4, -0.2) is 9.38 Å². The number of aryl methyl sites for hydroxylation is 1. The predicted octanol–water partition coefficient (Wildman–Crippen LogP) is 2.36. The first kappa shape index (κ1) is 9.47. The van der Waals surface area contributed by atoms with Gasteiger partial charge in [0, 0.05) is 11.1 Å². The zero-order chi connectivity index (χ0) is 11.3. The molecule has 0 aliphatic carbocycles. The highest BCUT2D eigenvalue weighted by Gasteiger charge is 2.10. The van der Waals surface area contributed by atoms with Crippen LogP contribution in [0, 0.1) is 12.7 Å². The Bertz CT molecular complexity index is 760. The number of thiazole rings is 1. The van der Waals surface area contributed by atoms with Crippen LogP contribution in [0.5, 0.6) is 0 Å². The molecule has 0 N–H and O–H groups in total. The number of halogens is 1. The van der Waals surface area contributed by atoms with E-state index >= 15 is 0 Å². The van der Waals surface area contributed by atoms with Gasteiger partial charge in [-0.1, -0.05) is 6.07 Å². The average Bonchev–Trinajstić information content (AvgIpc) is 2.59. The van der Waals surface area contributed by atoms with Crippen molar-refractivity contribution in [3.63, 3.8) is 0 Å². The minimum Gasteiger partial charge on any atom is -0.268 e. The Kier molecular flexibility index (Phi) is 1.85. The highest BCUT2D eigenvalue weighted by atomic mass is 32.1. The summed E-state index contributed by atoms with van der Waals surface area (Å²) in [6, 6.07) is 4.48. The fourth-order valence-corrected chi connectivity index (χ4v) is 2.54. The Morgan fingerprint density at radius 1 is 1.44 bits per heavy atom. The normalized spacial score (nSPS) is 11.4. The Morgan fingerprint density at radius 3 is 3.06 bits per heavy atom. The molecular formula is C11H7FN2OS. The third-order valence-corrected chi connectivity index (χ3v) is 3.31. The van der Waals surface area contributed by atoms with Crippen LogP contribution in [0.3, 0.4) is 0 Å². The number of hydrogen-bond donors (Lipinski definition) is 0. The van der Waals surface area contributed by atoms with Crippen molar-refractivity contribution in [1.29, 1.82) is 0 Å². The van der Waals surface area contributed by atoms with Gasteiger partial charge >= 0.3 is 0 Å². The molecule has 3 aromatic rings. The Balaban J connectivity index is 2.66. The van der Waals surface area contributed by atoms with E-state index in [1.54, 1.807) is 18.3 Å². The van der Waals surface area contributed by atoms with Gasteiger partial charge in [-0.25, -0.2) is 9.37 Å². The van der Waals surface area contributed by atoms with Gasteiger partial charge in [0.1, 0.15) is 11.2 Å². The second kappa shape index (κ2) is 3.12. The summed E-state index contributed by atoms with van der Waals surface area (Å²) in [6.07, 6.45) is 1.68. The molecule has 0 spiro atoms. The molecule has 0 fully saturated rings. The van der Waals surface area contributed by atoms with E-state index in [4.69, 9.17) is 0 Å². The van der Waals surface area contributed by atoms with Crippen LogP contribution in [0.1, 0.15) is 4.88 Å². The minimum atomic E-state index is -0.520. The summed E-state index contributed by atoms with van der Waals surface area (Å²) in [4.78, 5) is 17.8. The summed E-state index contributed by atoms with van der Waals surface area (Å²) >= 11 is 1.42. The molecule has 0 bridgehead atoms. The van der Waals surface area contributed by atoms with Gasteiger partial charge in [0.25, 0.3) is 5.56 Å². The second-order valence-corrected chi connectivity index (χ2v) is 4.76. The van der Waals surface area contributed by atoms with Gasteiger partial charge in [-0.05, 0) is 19.1 Å². The lowest BCUT2D eigenvalue weighted by atomic mass is 10.2. The average molecular weight is 234 g/mol. The molecule has 0 aliphatic heterocycles. The van der Waals surface area contributed by atoms with Gasteiger partial charge in [0.05, 0.1) is 5.52 Å². The van der Waals surface area contributed by atoms with E-state index in [1.165, 1.54) is 21.8 Å². The van der Waals surface area contributed by atoms with E-state index < -0.39 is 5.82 Å². The molecule has 0 saturated carbocycles. The van der Waals surface area contributed by atoms with Crippen LogP contribution in [0.2, 0.25) is 0 Å². The van der Waals surface area contributed by atoms with Gasteiger partial charge < -0.3 is 0 Å². The first-order chi connectivity index (χ1) is 7.66. The van der Waals surface area contributed by atoms with Crippen LogP contribution in [0.15, 0.2) is 29.2 Å². The molecule has 16 heavy (non-hydrogen) atoms. The van der Waals surface area contributed by atoms with Crippen molar-refractivity contribution < 1.29 is 4.39 Å². The molecule has 0 radical (unpaired) electrons. The van der Waals surface area contributed by atoms with Crippen molar-refractivity contribution in [2.75, 3.05) is 0 Å². The van der Waals surface area contributed by atoms with Crippen molar-refractivity contribution in [3.05, 3.63) is 45.4 Å². The molecule has 5 heteroatoms. The van der Waals surface area contributed by atoms with E-state index in [2.05, 4.69) is 4.98 Å². The van der Waals surface area contributed by atoms with Crippen LogP contribution >= 0.6 is 11.3 Å². The van der Waals surface area contributed by atoms with Crippen LogP contribution in [0.25, 0.3) is 15.9 Å². The minimum absolute atomic E-state index is 0.0535. The Morgan fingerprint density at radius 2 is 2.25 bits per heavy atom. The molecular weight excluding hydrogens is 227 g/mol. The third kappa shape index (κ3) is 1.18. The summed E-state index contributed by atoms with van der Waals surface area (Å²) in [5, 5.41) is 0.0535. The summed E-state index contributed by atoms with van der Waals surface area (Å²) in [6.45, 7) is 1.89. The lowest BCUT2D eigenvalue weighted by Gasteiger charge is -1.98. The van der Waals surface area contributed by atoms with Crippen molar-refractivity contribution in [2.24, 2.45) is 0 Å². The molecule has 0 saturated heterocycles. The molecule has 0 unspecified atom stereocenters. The van der Waals surface area contributed by atoms with Gasteiger partial charge in [0.15, 0.2) is 4.96 Å². The summed E-state index contributed by atoms with van der Waals surface area (Å²) in [5.74, 6) is -0.520. The number of rotatable bonds is 0. The molecule has 3 nitrogen and oxygen atoms in total. The molecule has 0 atom stereocenters. The fraction of sp³-hybridized carbons (Fsp3) is 0.0909. The summed E-state index contributed by atoms with van der Waals surface area (Å²) in [5.41, 5.74) is 0.0642. The van der Waals surface area contributed by atoms with E-state index in [0.717, 1.165) is 4.88 Å². The second-order valence-electron chi connectivity index (χ2n) is 3.55. The maximum absolute atomic E-state index is 13.5. The maximum atomic E-state index is 13.5. The third-order valence-electron chi connectivity index (χ3n) is 2.41. The number of aromatic nitrogens is 2. The summed E-state index contributed by atoms with van der Waals surface area (Å²) < 4.78 is 14.9. The number of hydrogen-bond acceptors (Lipinski definition) is 3. The molecule has 2 heterocycles. The van der Waals surface area contributed by atoms with Crippen LogP contribution in [0.4, 0.5) is 4.39 Å². The monoisotopic (exact) mass is 234 g/mol. The first-order valence-electron chi connectivity index (χ1n) is 4.74. The number of fused-ring (bicyclic) bond motifs is 2. The van der Waals surface area contributed by atoms with E-state index in [-0.39, 0.29) is 10.9 Å². The smallest absolute Gasteiger partial charge is 0.268 e. The molecule has 3 rings (SSSR count). The topological polar surface area (TPSA) is 34.4 Å². The number of benzene rings is 1. The van der Waals surface area contributed by atoms with Gasteiger partial charge in [0.2, 0.25) is 0 Å². The van der Waals surface area contributed by atoms with Gasteiger partial charge in [-0.3, -0.25) is 9.20 Å². The molecule has 0 amide bonds. The first-order valence-corrected chi connectivity index (χ1v) is 5.55. The molecule has 0 aliphatic rings. The SMILES string of the molecule is Cc1cn2c(=O)c3c(F)cccc3nc2s1. The number of nitrogens with zero attached hydrogens (tertiary/aromatic N) is 2. The largest absolute Gasteiger partial charge is 0.269 e. The highest BCUT2D eigenvalue weighted by Crippen LogP contribution is 2.17. The lowest BCUT2D eigenvalue weighted by molar-refractivity contribution is 0.638. The van der Waals surface area contributed by atoms with E-state index in [9.17, 15) is 9.18 Å². The Labute approximate surface area is 93.8 Å². The maximum Gasteiger partial charge on any atom is 0.269 e. The van der Waals surface area contributed by atoms with Crippen molar-refractivity contribution in [3.8, 4) is 0 Å². The molecule has 80 valence electrons. The highest BCUT2D eigenvalue weighted by molar-refractivity contribution is 7.16. The predicted molar refractivity (Wildman–Crippen MR) is 61.5 cm³/mol. The quantitative estimate of drug-likeness (QED) is 0.598. The fourth-order valence-electron chi connectivity index (χ4n) is 1.72. The lowest BCUT2D eigenvalue weighted by Crippen LogP contribution is -2.14. The van der Waals surface area contributed by atoms with Gasteiger partial charge in [-0.2, -0.15) is 0 Å². The Hall–Kier alpha value is -1.75. The van der Waals surface area contributed by atoms with Crippen LogP contribution < -0.4 is 5.56 Å². The van der Waals surface area contributed by atoms with Crippen molar-refractivity contribution in [1.82, 2.24) is 9.38 Å². The van der Waals surface area contributed by atoms with E-state index in [1.807, 2.05) is 6.92 Å². The van der Waals surface area contributed by atoms with Crippen molar-refractivity contribution in [2.45, 2.75) is 6.92 Å². The molecule has 2 aromatic heterocycles.